The minimum Gasteiger partial charge on any atom is -0.457 e. The predicted octanol–water partition coefficient (Wildman–Crippen LogP) is 5.64. The number of hydrogen-bond acceptors (Lipinski definition) is 6. The normalized spacial score (nSPS) is 21.1. The highest BCUT2D eigenvalue weighted by Crippen LogP contribution is 2.50. The molecule has 8 nitrogen and oxygen atoms in total. The molecule has 2 aliphatic heterocycles. The van der Waals surface area contributed by atoms with Crippen LogP contribution in [0.2, 0.25) is 0 Å². The number of benzene rings is 2. The highest BCUT2D eigenvalue weighted by atomic mass is 16.6. The third-order valence-electron chi connectivity index (χ3n) is 8.66. The Morgan fingerprint density at radius 1 is 1.00 bits per heavy atom. The number of fused-ring (bicyclic) bond motifs is 2. The first kappa shape index (κ1) is 30.4. The molecule has 0 aromatic heterocycles. The van der Waals surface area contributed by atoms with Crippen molar-refractivity contribution < 1.29 is 23.8 Å². The molecule has 2 fully saturated rings. The van der Waals surface area contributed by atoms with E-state index in [9.17, 15) is 9.59 Å². The number of likely N-dealkylation sites (tertiary alicyclic amines) is 1. The summed E-state index contributed by atoms with van der Waals surface area (Å²) < 4.78 is 17.4. The minimum atomic E-state index is -0.595. The molecule has 2 aromatic rings. The summed E-state index contributed by atoms with van der Waals surface area (Å²) in [6.07, 6.45) is 5.54. The second-order valence-corrected chi connectivity index (χ2v) is 13.2. The van der Waals surface area contributed by atoms with Gasteiger partial charge in [0.15, 0.2) is 0 Å². The lowest BCUT2D eigenvalue weighted by molar-refractivity contribution is -0.127. The number of hydrogen-bond donors (Lipinski definition) is 2. The first-order chi connectivity index (χ1) is 20.2. The Balaban J connectivity index is 1.37. The molecule has 2 amide bonds. The lowest BCUT2D eigenvalue weighted by atomic mass is 9.69. The maximum absolute atomic E-state index is 14.0. The minimum absolute atomic E-state index is 0.0285. The van der Waals surface area contributed by atoms with Crippen molar-refractivity contribution in [1.29, 1.82) is 0 Å². The number of amides is 2. The fraction of sp³-hybridized carbons (Fsp3) is 0.588. The van der Waals surface area contributed by atoms with Gasteiger partial charge in [0.2, 0.25) is 5.91 Å². The fourth-order valence-corrected chi connectivity index (χ4v) is 6.34. The molecule has 0 spiro atoms. The molecular formula is C34H47N3O5. The number of piperidine rings is 1. The molecule has 42 heavy (non-hydrogen) atoms. The van der Waals surface area contributed by atoms with E-state index in [0.29, 0.717) is 38.6 Å². The van der Waals surface area contributed by atoms with Gasteiger partial charge in [-0.2, -0.15) is 0 Å². The third-order valence-corrected chi connectivity index (χ3v) is 8.66. The smallest absolute Gasteiger partial charge is 0.410 e. The van der Waals surface area contributed by atoms with Crippen LogP contribution in [-0.2, 0) is 19.7 Å². The van der Waals surface area contributed by atoms with Gasteiger partial charge in [-0.15, -0.1) is 0 Å². The van der Waals surface area contributed by atoms with Crippen LogP contribution in [0.25, 0.3) is 0 Å². The Morgan fingerprint density at radius 3 is 2.29 bits per heavy atom. The molecule has 2 aromatic carbocycles. The Bertz CT molecular complexity index is 1190. The second-order valence-electron chi connectivity index (χ2n) is 13.2. The molecule has 2 atom stereocenters. The van der Waals surface area contributed by atoms with Crippen molar-refractivity contribution in [3.05, 3.63) is 59.7 Å². The summed E-state index contributed by atoms with van der Waals surface area (Å²) >= 11 is 0. The molecule has 0 radical (unpaired) electrons. The Labute approximate surface area is 250 Å². The standard InChI is InChI=1S/C34H47N3O5/c1-33(2,3)42-32(39)37-21-25(19-26(22-37)35-20-24-15-16-24)31(38)36-23-34(17-9-10-18-40-4)27-11-5-7-13-29(27)41-30-14-8-6-12-28(30)34/h5-8,11-14,24-26,35H,9-10,15-23H2,1-4H3,(H,36,38)/t25-,26+/m0/s1. The summed E-state index contributed by atoms with van der Waals surface area (Å²) in [6.45, 7) is 8.58. The molecule has 1 aliphatic carbocycles. The Hall–Kier alpha value is -3.10. The molecule has 2 heterocycles. The number of ether oxygens (including phenoxy) is 3. The number of para-hydroxylation sites is 2. The SMILES string of the molecule is COCCCCC1(CNC(=O)[C@H]2C[C@@H](NCC3CC3)CN(C(=O)OC(C)(C)C)C2)c2ccccc2Oc2ccccc21. The zero-order valence-corrected chi connectivity index (χ0v) is 25.6. The van der Waals surface area contributed by atoms with Crippen LogP contribution >= 0.6 is 0 Å². The van der Waals surface area contributed by atoms with Gasteiger partial charge in [-0.3, -0.25) is 4.79 Å². The van der Waals surface area contributed by atoms with Gasteiger partial charge in [-0.1, -0.05) is 36.4 Å². The van der Waals surface area contributed by atoms with Crippen LogP contribution in [0.5, 0.6) is 11.5 Å². The molecule has 0 bridgehead atoms. The average Bonchev–Trinajstić information content (AvgIpc) is 3.80. The molecule has 0 unspecified atom stereocenters. The Kier molecular flexibility index (Phi) is 9.43. The number of carbonyl (C=O) groups is 2. The molecular weight excluding hydrogens is 530 g/mol. The van der Waals surface area contributed by atoms with E-state index >= 15 is 0 Å². The summed E-state index contributed by atoms with van der Waals surface area (Å²) in [5.74, 6) is 2.00. The average molecular weight is 578 g/mol. The summed E-state index contributed by atoms with van der Waals surface area (Å²) in [5.41, 5.74) is 1.13. The van der Waals surface area contributed by atoms with Crippen LogP contribution in [0.3, 0.4) is 0 Å². The topological polar surface area (TPSA) is 89.1 Å². The monoisotopic (exact) mass is 577 g/mol. The molecule has 1 saturated carbocycles. The van der Waals surface area contributed by atoms with Crippen molar-refractivity contribution in [3.8, 4) is 11.5 Å². The predicted molar refractivity (Wildman–Crippen MR) is 163 cm³/mol. The van der Waals surface area contributed by atoms with Gasteiger partial charge in [0.25, 0.3) is 0 Å². The quantitative estimate of drug-likeness (QED) is 0.336. The van der Waals surface area contributed by atoms with Crippen LogP contribution in [0.15, 0.2) is 48.5 Å². The summed E-state index contributed by atoms with van der Waals surface area (Å²) in [5, 5.41) is 7.00. The number of nitrogens with zero attached hydrogens (tertiary/aromatic N) is 1. The molecule has 1 saturated heterocycles. The first-order valence-corrected chi connectivity index (χ1v) is 15.5. The highest BCUT2D eigenvalue weighted by molar-refractivity contribution is 5.80. The van der Waals surface area contributed by atoms with E-state index in [0.717, 1.165) is 48.4 Å². The second kappa shape index (κ2) is 13.0. The van der Waals surface area contributed by atoms with Gasteiger partial charge in [0.1, 0.15) is 17.1 Å². The van der Waals surface area contributed by atoms with Gasteiger partial charge in [0, 0.05) is 55.9 Å². The van der Waals surface area contributed by atoms with Crippen LogP contribution in [0, 0.1) is 11.8 Å². The van der Waals surface area contributed by atoms with Crippen LogP contribution < -0.4 is 15.4 Å². The summed E-state index contributed by atoms with van der Waals surface area (Å²) in [4.78, 5) is 28.8. The lowest BCUT2D eigenvalue weighted by Crippen LogP contribution is -2.56. The first-order valence-electron chi connectivity index (χ1n) is 15.5. The molecule has 228 valence electrons. The molecule has 3 aliphatic rings. The van der Waals surface area contributed by atoms with Crippen molar-refractivity contribution in [2.45, 2.75) is 76.4 Å². The maximum atomic E-state index is 14.0. The van der Waals surface area contributed by atoms with E-state index in [1.807, 2.05) is 57.2 Å². The van der Waals surface area contributed by atoms with Crippen molar-refractivity contribution in [3.63, 3.8) is 0 Å². The van der Waals surface area contributed by atoms with Crippen molar-refractivity contribution >= 4 is 12.0 Å². The third kappa shape index (κ3) is 7.27. The zero-order valence-electron chi connectivity index (χ0n) is 25.6. The Morgan fingerprint density at radius 2 is 1.67 bits per heavy atom. The van der Waals surface area contributed by atoms with Crippen LogP contribution in [-0.4, -0.2) is 68.4 Å². The number of rotatable bonds is 11. The van der Waals surface area contributed by atoms with E-state index in [1.165, 1.54) is 12.8 Å². The van der Waals surface area contributed by atoms with E-state index in [1.54, 1.807) is 12.0 Å². The largest absolute Gasteiger partial charge is 0.457 e. The van der Waals surface area contributed by atoms with Crippen molar-refractivity contribution in [1.82, 2.24) is 15.5 Å². The van der Waals surface area contributed by atoms with Crippen molar-refractivity contribution in [2.24, 2.45) is 11.8 Å². The van der Waals surface area contributed by atoms with Crippen LogP contribution in [0.4, 0.5) is 4.79 Å². The molecule has 8 heteroatoms. The highest BCUT2D eigenvalue weighted by Gasteiger charge is 2.43. The number of nitrogens with one attached hydrogen (secondary N) is 2. The molecule has 5 rings (SSSR count). The lowest BCUT2D eigenvalue weighted by Gasteiger charge is -2.42. The van der Waals surface area contributed by atoms with E-state index in [-0.39, 0.29) is 24.0 Å². The summed E-state index contributed by atoms with van der Waals surface area (Å²) in [7, 11) is 1.73. The van der Waals surface area contributed by atoms with E-state index in [4.69, 9.17) is 14.2 Å². The van der Waals surface area contributed by atoms with Gasteiger partial charge < -0.3 is 29.7 Å². The molecule has 2 N–H and O–H groups in total. The summed E-state index contributed by atoms with van der Waals surface area (Å²) in [6, 6.07) is 16.4. The van der Waals surface area contributed by atoms with Gasteiger partial charge in [0.05, 0.1) is 5.92 Å². The number of carbonyl (C=O) groups excluding carboxylic acids is 2. The number of methoxy groups -OCH3 is 1. The van der Waals surface area contributed by atoms with E-state index in [2.05, 4.69) is 22.8 Å². The van der Waals surface area contributed by atoms with E-state index < -0.39 is 11.0 Å². The zero-order chi connectivity index (χ0) is 29.7. The van der Waals surface area contributed by atoms with Gasteiger partial charge >= 0.3 is 6.09 Å². The van der Waals surface area contributed by atoms with Gasteiger partial charge in [-0.25, -0.2) is 4.79 Å². The van der Waals surface area contributed by atoms with Crippen LogP contribution in [0.1, 0.15) is 70.4 Å². The van der Waals surface area contributed by atoms with Crippen molar-refractivity contribution in [2.75, 3.05) is 39.9 Å². The van der Waals surface area contributed by atoms with Gasteiger partial charge in [-0.05, 0) is 83.9 Å². The fourth-order valence-electron chi connectivity index (χ4n) is 6.34. The maximum Gasteiger partial charge on any atom is 0.410 e. The number of unbranched alkanes of at least 4 members (excludes halogenated alkanes) is 1.